The quantitative estimate of drug-likeness (QED) is 0.867. The summed E-state index contributed by atoms with van der Waals surface area (Å²) >= 11 is 0. The first-order valence-corrected chi connectivity index (χ1v) is 8.27. The summed E-state index contributed by atoms with van der Waals surface area (Å²) in [5.74, 6) is 0.179. The second-order valence-electron chi connectivity index (χ2n) is 6.07. The first-order valence-electron chi connectivity index (χ1n) is 8.27. The molecule has 0 atom stereocenters. The number of aryl methyl sites for hydroxylation is 2. The molecule has 0 aromatic heterocycles. The van der Waals surface area contributed by atoms with Gasteiger partial charge < -0.3 is 9.80 Å². The molecule has 3 heteroatoms. The molecule has 0 unspecified atom stereocenters. The minimum absolute atomic E-state index is 0.179. The zero-order valence-corrected chi connectivity index (χ0v) is 13.7. The molecule has 3 rings (SSSR count). The van der Waals surface area contributed by atoms with E-state index in [9.17, 15) is 4.79 Å². The molecule has 119 valence electrons. The summed E-state index contributed by atoms with van der Waals surface area (Å²) in [5, 5.41) is 0. The highest BCUT2D eigenvalue weighted by Gasteiger charge is 2.18. The second-order valence-corrected chi connectivity index (χ2v) is 6.07. The zero-order chi connectivity index (χ0) is 16.1. The lowest BCUT2D eigenvalue weighted by Gasteiger charge is -2.35. The van der Waals surface area contributed by atoms with Crippen molar-refractivity contribution in [1.82, 2.24) is 4.90 Å². The zero-order valence-electron chi connectivity index (χ0n) is 13.7. The largest absolute Gasteiger partial charge is 0.368 e. The number of nitrogens with zero attached hydrogens (tertiary/aromatic N) is 2. The number of amides is 1. The summed E-state index contributed by atoms with van der Waals surface area (Å²) in [7, 11) is 0. The van der Waals surface area contributed by atoms with Crippen molar-refractivity contribution < 1.29 is 4.79 Å². The molecule has 1 aliphatic heterocycles. The number of hydrogen-bond acceptors (Lipinski definition) is 2. The van der Waals surface area contributed by atoms with Crippen LogP contribution in [-0.2, 0) is 17.6 Å². The number of piperazine rings is 1. The van der Waals surface area contributed by atoms with Gasteiger partial charge in [0, 0.05) is 38.8 Å². The normalized spacial score (nSPS) is 14.8. The van der Waals surface area contributed by atoms with Crippen LogP contribution in [0.1, 0.15) is 18.1 Å². The van der Waals surface area contributed by atoms with E-state index in [1.54, 1.807) is 6.92 Å². The SMILES string of the molecule is CC(=O)N1CCN(c2cccc(CCc3c[c]ccc3)c2)CC1. The number of benzene rings is 2. The van der Waals surface area contributed by atoms with E-state index in [-0.39, 0.29) is 5.91 Å². The van der Waals surface area contributed by atoms with Gasteiger partial charge in [0.2, 0.25) is 5.91 Å². The molecule has 1 fully saturated rings. The van der Waals surface area contributed by atoms with Crippen molar-refractivity contribution in [1.29, 1.82) is 0 Å². The number of carbonyl (C=O) groups is 1. The van der Waals surface area contributed by atoms with Crippen LogP contribution in [0, 0.1) is 6.07 Å². The number of carbonyl (C=O) groups excluding carboxylic acids is 1. The molecule has 2 aromatic rings. The van der Waals surface area contributed by atoms with Crippen molar-refractivity contribution in [3.63, 3.8) is 0 Å². The van der Waals surface area contributed by atoms with E-state index in [0.717, 1.165) is 39.0 Å². The lowest BCUT2D eigenvalue weighted by atomic mass is 10.0. The van der Waals surface area contributed by atoms with Crippen LogP contribution in [0.15, 0.2) is 48.5 Å². The molecule has 2 aromatic carbocycles. The number of rotatable bonds is 4. The van der Waals surface area contributed by atoms with Crippen molar-refractivity contribution in [3.8, 4) is 0 Å². The van der Waals surface area contributed by atoms with Crippen LogP contribution in [0.4, 0.5) is 5.69 Å². The van der Waals surface area contributed by atoms with Crippen molar-refractivity contribution in [2.45, 2.75) is 19.8 Å². The summed E-state index contributed by atoms with van der Waals surface area (Å²) in [6, 6.07) is 20.1. The third kappa shape index (κ3) is 4.13. The number of anilines is 1. The molecule has 1 amide bonds. The van der Waals surface area contributed by atoms with Crippen LogP contribution in [0.5, 0.6) is 0 Å². The van der Waals surface area contributed by atoms with Gasteiger partial charge in [-0.2, -0.15) is 0 Å². The molecule has 1 radical (unpaired) electrons. The van der Waals surface area contributed by atoms with E-state index >= 15 is 0 Å². The summed E-state index contributed by atoms with van der Waals surface area (Å²) in [5.41, 5.74) is 3.96. The Kier molecular flexibility index (Phi) is 4.96. The van der Waals surface area contributed by atoms with Gasteiger partial charge in [-0.3, -0.25) is 4.79 Å². The fraction of sp³-hybridized carbons (Fsp3) is 0.350. The molecule has 0 spiro atoms. The highest BCUT2D eigenvalue weighted by atomic mass is 16.2. The molecule has 3 nitrogen and oxygen atoms in total. The van der Waals surface area contributed by atoms with E-state index in [0.29, 0.717) is 0 Å². The molecule has 0 bridgehead atoms. The van der Waals surface area contributed by atoms with Gasteiger partial charge in [-0.25, -0.2) is 0 Å². The van der Waals surface area contributed by atoms with Crippen LogP contribution >= 0.6 is 0 Å². The first kappa shape index (κ1) is 15.6. The average molecular weight is 307 g/mol. The molecule has 1 heterocycles. The molecular weight excluding hydrogens is 284 g/mol. The van der Waals surface area contributed by atoms with Crippen LogP contribution in [0.3, 0.4) is 0 Å². The van der Waals surface area contributed by atoms with Crippen molar-refractivity contribution in [2.75, 3.05) is 31.1 Å². The Morgan fingerprint density at radius 1 is 1.04 bits per heavy atom. The summed E-state index contributed by atoms with van der Waals surface area (Å²) in [6.07, 6.45) is 2.08. The topological polar surface area (TPSA) is 23.6 Å². The molecule has 0 saturated carbocycles. The van der Waals surface area contributed by atoms with E-state index in [4.69, 9.17) is 0 Å². The van der Waals surface area contributed by atoms with Crippen molar-refractivity contribution in [3.05, 3.63) is 65.7 Å². The van der Waals surface area contributed by atoms with E-state index in [2.05, 4.69) is 47.4 Å². The van der Waals surface area contributed by atoms with Gasteiger partial charge in [0.25, 0.3) is 0 Å². The van der Waals surface area contributed by atoms with Gasteiger partial charge in [-0.15, -0.1) is 0 Å². The van der Waals surface area contributed by atoms with Gasteiger partial charge in [0.05, 0.1) is 0 Å². The van der Waals surface area contributed by atoms with Crippen LogP contribution in [-0.4, -0.2) is 37.0 Å². The molecule has 0 N–H and O–H groups in total. The smallest absolute Gasteiger partial charge is 0.219 e. The van der Waals surface area contributed by atoms with Crippen LogP contribution in [0.2, 0.25) is 0 Å². The predicted molar refractivity (Wildman–Crippen MR) is 93.6 cm³/mol. The Hall–Kier alpha value is -2.29. The molecular formula is C20H23N2O. The Labute approximate surface area is 138 Å². The van der Waals surface area contributed by atoms with Gasteiger partial charge in [0.15, 0.2) is 0 Å². The summed E-state index contributed by atoms with van der Waals surface area (Å²) in [4.78, 5) is 15.7. The van der Waals surface area contributed by atoms with Crippen LogP contribution < -0.4 is 4.90 Å². The fourth-order valence-electron chi connectivity index (χ4n) is 3.06. The predicted octanol–water partition coefficient (Wildman–Crippen LogP) is 2.94. The maximum absolute atomic E-state index is 11.4. The van der Waals surface area contributed by atoms with E-state index in [1.807, 2.05) is 17.0 Å². The maximum Gasteiger partial charge on any atom is 0.219 e. The van der Waals surface area contributed by atoms with Crippen LogP contribution in [0.25, 0.3) is 0 Å². The molecule has 1 aliphatic rings. The monoisotopic (exact) mass is 307 g/mol. The minimum Gasteiger partial charge on any atom is -0.368 e. The first-order chi connectivity index (χ1) is 11.2. The Balaban J connectivity index is 1.60. The Morgan fingerprint density at radius 2 is 1.78 bits per heavy atom. The van der Waals surface area contributed by atoms with Gasteiger partial charge in [-0.05, 0) is 42.2 Å². The van der Waals surface area contributed by atoms with Gasteiger partial charge in [0.1, 0.15) is 0 Å². The Morgan fingerprint density at radius 3 is 2.48 bits per heavy atom. The minimum atomic E-state index is 0.179. The molecule has 0 aliphatic carbocycles. The third-order valence-corrected chi connectivity index (χ3v) is 4.47. The highest BCUT2D eigenvalue weighted by Crippen LogP contribution is 2.19. The van der Waals surface area contributed by atoms with E-state index < -0.39 is 0 Å². The van der Waals surface area contributed by atoms with Crippen molar-refractivity contribution in [2.24, 2.45) is 0 Å². The van der Waals surface area contributed by atoms with Gasteiger partial charge in [-0.1, -0.05) is 36.4 Å². The average Bonchev–Trinajstić information content (AvgIpc) is 2.61. The van der Waals surface area contributed by atoms with Crippen molar-refractivity contribution >= 4 is 11.6 Å². The maximum atomic E-state index is 11.4. The third-order valence-electron chi connectivity index (χ3n) is 4.47. The number of hydrogen-bond donors (Lipinski definition) is 0. The summed E-state index contributed by atoms with van der Waals surface area (Å²) < 4.78 is 0. The lowest BCUT2D eigenvalue weighted by molar-refractivity contribution is -0.129. The lowest BCUT2D eigenvalue weighted by Crippen LogP contribution is -2.48. The highest BCUT2D eigenvalue weighted by molar-refractivity contribution is 5.73. The molecule has 1 saturated heterocycles. The second kappa shape index (κ2) is 7.32. The standard InChI is InChI=1S/C20H23N2O/c1-17(23)21-12-14-22(15-13-21)20-9-5-8-19(16-20)11-10-18-6-3-2-4-7-18/h2-3,5-9,16H,10-15H2,1H3. The Bertz CT molecular complexity index is 646. The van der Waals surface area contributed by atoms with E-state index in [1.165, 1.54) is 16.8 Å². The summed E-state index contributed by atoms with van der Waals surface area (Å²) in [6.45, 7) is 5.11. The molecule has 23 heavy (non-hydrogen) atoms. The fourth-order valence-corrected chi connectivity index (χ4v) is 3.06. The van der Waals surface area contributed by atoms with Gasteiger partial charge >= 0.3 is 0 Å².